The molecule has 22 heavy (non-hydrogen) atoms. The van der Waals surface area contributed by atoms with Gasteiger partial charge in [-0.2, -0.15) is 0 Å². The summed E-state index contributed by atoms with van der Waals surface area (Å²) in [5.41, 5.74) is -3.28. The number of hydrogen-bond donors (Lipinski definition) is 4. The highest BCUT2D eigenvalue weighted by Crippen LogP contribution is 2.70. The summed E-state index contributed by atoms with van der Waals surface area (Å²) in [6.07, 6.45) is -3.96. The first-order valence-electron chi connectivity index (χ1n) is 7.45. The lowest BCUT2D eigenvalue weighted by atomic mass is 9.50. The number of aliphatic hydroxyl groups excluding tert-OH is 4. The van der Waals surface area contributed by atoms with Crippen LogP contribution in [0.2, 0.25) is 0 Å². The van der Waals surface area contributed by atoms with Crippen LogP contribution in [0.3, 0.4) is 0 Å². The van der Waals surface area contributed by atoms with Crippen molar-refractivity contribution in [2.24, 2.45) is 10.8 Å². The van der Waals surface area contributed by atoms with Crippen LogP contribution >= 0.6 is 0 Å². The number of carbonyl (C=O) groups excluding carboxylic acids is 1. The standard InChI is InChI=1S/C15H20O7/c1-6-3-7-14(4-16,11(20)8(6)17)13(2)10(19)9(18)12(22-7)15(13)5-21-15/h3,7,9-12,16,18-20H,4-5H2,1-2H3/t7-,9-,10+,11-,12-,13-,14-,15?/m0/s1. The highest BCUT2D eigenvalue weighted by molar-refractivity contribution is 6.00. The van der Waals surface area contributed by atoms with Crippen molar-refractivity contribution in [3.8, 4) is 0 Å². The Morgan fingerprint density at radius 3 is 2.55 bits per heavy atom. The summed E-state index contributed by atoms with van der Waals surface area (Å²) in [6, 6.07) is 0. The fraction of sp³-hybridized carbons (Fsp3) is 0.800. The third kappa shape index (κ3) is 1.18. The molecule has 0 aromatic rings. The van der Waals surface area contributed by atoms with Gasteiger partial charge in [0.25, 0.3) is 0 Å². The number of fused-ring (bicyclic) bond motifs is 2. The van der Waals surface area contributed by atoms with Crippen molar-refractivity contribution < 1.29 is 34.7 Å². The molecule has 4 aliphatic rings. The van der Waals surface area contributed by atoms with Crippen LogP contribution in [0.1, 0.15) is 13.8 Å². The van der Waals surface area contributed by atoms with E-state index in [2.05, 4.69) is 0 Å². The third-order valence-corrected chi connectivity index (χ3v) is 6.58. The van der Waals surface area contributed by atoms with Crippen molar-refractivity contribution in [3.63, 3.8) is 0 Å². The largest absolute Gasteiger partial charge is 0.396 e. The average molecular weight is 312 g/mol. The average Bonchev–Trinajstić information content (AvgIpc) is 3.27. The van der Waals surface area contributed by atoms with E-state index in [0.29, 0.717) is 5.57 Å². The summed E-state index contributed by atoms with van der Waals surface area (Å²) in [4.78, 5) is 12.3. The molecule has 3 fully saturated rings. The van der Waals surface area contributed by atoms with Gasteiger partial charge in [0.1, 0.15) is 23.9 Å². The second-order valence-corrected chi connectivity index (χ2v) is 7.11. The fourth-order valence-corrected chi connectivity index (χ4v) is 5.03. The second kappa shape index (κ2) is 3.98. The monoisotopic (exact) mass is 312 g/mol. The van der Waals surface area contributed by atoms with E-state index in [0.717, 1.165) is 0 Å². The van der Waals surface area contributed by atoms with E-state index >= 15 is 0 Å². The van der Waals surface area contributed by atoms with Gasteiger partial charge < -0.3 is 29.9 Å². The quantitative estimate of drug-likeness (QED) is 0.419. The molecule has 0 radical (unpaired) electrons. The number of Topliss-reactive ketones (excluding diaryl/α,β-unsaturated/α-hetero) is 1. The first-order valence-corrected chi connectivity index (χ1v) is 7.45. The Morgan fingerprint density at radius 1 is 1.36 bits per heavy atom. The Kier molecular flexibility index (Phi) is 2.67. The van der Waals surface area contributed by atoms with Gasteiger partial charge >= 0.3 is 0 Å². The molecule has 8 atom stereocenters. The fourth-order valence-electron chi connectivity index (χ4n) is 5.03. The summed E-state index contributed by atoms with van der Waals surface area (Å²) < 4.78 is 11.5. The Labute approximate surface area is 127 Å². The third-order valence-electron chi connectivity index (χ3n) is 6.58. The van der Waals surface area contributed by atoms with Gasteiger partial charge in [0.2, 0.25) is 0 Å². The van der Waals surface area contributed by atoms with Crippen molar-refractivity contribution in [2.45, 2.75) is 50.0 Å². The summed E-state index contributed by atoms with van der Waals surface area (Å²) in [6.45, 7) is 2.92. The maximum atomic E-state index is 12.3. The van der Waals surface area contributed by atoms with Crippen molar-refractivity contribution >= 4 is 5.78 Å². The van der Waals surface area contributed by atoms with Crippen LogP contribution in [0.15, 0.2) is 11.6 Å². The Balaban J connectivity index is 1.98. The Hall–Kier alpha value is -0.830. The minimum Gasteiger partial charge on any atom is -0.396 e. The van der Waals surface area contributed by atoms with Crippen molar-refractivity contribution in [3.05, 3.63) is 11.6 Å². The normalized spacial score (nSPS) is 59.5. The van der Waals surface area contributed by atoms with Crippen LogP contribution in [-0.4, -0.2) is 75.5 Å². The molecule has 1 unspecified atom stereocenters. The van der Waals surface area contributed by atoms with Crippen LogP contribution in [0.4, 0.5) is 0 Å². The molecule has 0 amide bonds. The molecule has 2 aliphatic carbocycles. The molecule has 7 heteroatoms. The molecule has 4 rings (SSSR count). The first kappa shape index (κ1) is 14.7. The van der Waals surface area contributed by atoms with E-state index < -0.39 is 59.3 Å². The van der Waals surface area contributed by atoms with Crippen LogP contribution in [0.25, 0.3) is 0 Å². The van der Waals surface area contributed by atoms with Crippen LogP contribution in [-0.2, 0) is 14.3 Å². The SMILES string of the molecule is CC1=C[C@@H]2O[C@H]3[C@@H](O)[C@@H](O)[C@](C)(C34CO4)[C@]2(CO)[C@@H](O)C1=O. The highest BCUT2D eigenvalue weighted by atomic mass is 16.6. The molecule has 0 aromatic heterocycles. The van der Waals surface area contributed by atoms with Gasteiger partial charge in [-0.3, -0.25) is 4.79 Å². The number of rotatable bonds is 1. The molecule has 122 valence electrons. The van der Waals surface area contributed by atoms with Gasteiger partial charge in [0.05, 0.1) is 30.8 Å². The molecule has 1 spiro atoms. The summed E-state index contributed by atoms with van der Waals surface area (Å²) in [5.74, 6) is -0.502. The summed E-state index contributed by atoms with van der Waals surface area (Å²) in [5, 5.41) is 41.8. The smallest absolute Gasteiger partial charge is 0.187 e. The van der Waals surface area contributed by atoms with Crippen LogP contribution in [0.5, 0.6) is 0 Å². The zero-order chi connectivity index (χ0) is 16.1. The van der Waals surface area contributed by atoms with E-state index in [4.69, 9.17) is 9.47 Å². The van der Waals surface area contributed by atoms with Crippen molar-refractivity contribution in [1.29, 1.82) is 0 Å². The number of epoxide rings is 1. The van der Waals surface area contributed by atoms with Gasteiger partial charge in [-0.05, 0) is 18.6 Å². The van der Waals surface area contributed by atoms with Gasteiger partial charge in [-0.15, -0.1) is 0 Å². The zero-order valence-corrected chi connectivity index (χ0v) is 12.4. The Morgan fingerprint density at radius 2 is 2.00 bits per heavy atom. The predicted molar refractivity (Wildman–Crippen MR) is 71.8 cm³/mol. The van der Waals surface area contributed by atoms with Crippen molar-refractivity contribution in [2.75, 3.05) is 13.2 Å². The molecule has 0 aromatic carbocycles. The molecule has 2 heterocycles. The number of ether oxygens (including phenoxy) is 2. The predicted octanol–water partition coefficient (Wildman–Crippen LogP) is -1.87. The maximum absolute atomic E-state index is 12.3. The van der Waals surface area contributed by atoms with E-state index in [1.165, 1.54) is 0 Å². The maximum Gasteiger partial charge on any atom is 0.187 e. The molecule has 7 nitrogen and oxygen atoms in total. The van der Waals surface area contributed by atoms with Gasteiger partial charge in [0.15, 0.2) is 5.78 Å². The van der Waals surface area contributed by atoms with Crippen molar-refractivity contribution in [1.82, 2.24) is 0 Å². The number of aliphatic hydroxyl groups is 4. The molecule has 1 saturated carbocycles. The number of hydrogen-bond acceptors (Lipinski definition) is 7. The lowest BCUT2D eigenvalue weighted by molar-refractivity contribution is -0.253. The van der Waals surface area contributed by atoms with Crippen LogP contribution < -0.4 is 0 Å². The van der Waals surface area contributed by atoms with E-state index in [-0.39, 0.29) is 6.61 Å². The number of ketones is 1. The minimum atomic E-state index is -1.53. The lowest BCUT2D eigenvalue weighted by Gasteiger charge is -2.58. The summed E-state index contributed by atoms with van der Waals surface area (Å²) in [7, 11) is 0. The van der Waals surface area contributed by atoms with Gasteiger partial charge in [0, 0.05) is 5.41 Å². The lowest BCUT2D eigenvalue weighted by Crippen LogP contribution is -2.72. The molecule has 4 N–H and O–H groups in total. The molecule has 2 saturated heterocycles. The van der Waals surface area contributed by atoms with Crippen LogP contribution in [0, 0.1) is 10.8 Å². The number of carbonyl (C=O) groups is 1. The van der Waals surface area contributed by atoms with E-state index in [1.807, 2.05) is 0 Å². The molecular weight excluding hydrogens is 292 g/mol. The topological polar surface area (TPSA) is 120 Å². The highest BCUT2D eigenvalue weighted by Gasteiger charge is 2.86. The van der Waals surface area contributed by atoms with Gasteiger partial charge in [-0.25, -0.2) is 0 Å². The van der Waals surface area contributed by atoms with E-state index in [9.17, 15) is 25.2 Å². The van der Waals surface area contributed by atoms with Gasteiger partial charge in [-0.1, -0.05) is 6.92 Å². The Bertz CT molecular complexity index is 582. The van der Waals surface area contributed by atoms with E-state index in [1.54, 1.807) is 19.9 Å². The molecule has 2 aliphatic heterocycles. The molecular formula is C15H20O7. The molecule has 2 bridgehead atoms. The second-order valence-electron chi connectivity index (χ2n) is 7.11. The first-order chi connectivity index (χ1) is 10.3. The summed E-state index contributed by atoms with van der Waals surface area (Å²) >= 11 is 0. The zero-order valence-electron chi connectivity index (χ0n) is 12.4. The minimum absolute atomic E-state index is 0.250.